The normalized spacial score (nSPS) is 17.4. The molecule has 0 aromatic rings. The van der Waals surface area contributed by atoms with Crippen LogP contribution in [0.1, 0.15) is 32.6 Å². The SMILES string of the molecule is CC(NCCC1=CCCC1)C(=O)N(C)C. The third-order valence-corrected chi connectivity index (χ3v) is 2.84. The fourth-order valence-corrected chi connectivity index (χ4v) is 1.89. The summed E-state index contributed by atoms with van der Waals surface area (Å²) in [4.78, 5) is 13.2. The molecular weight excluding hydrogens is 188 g/mol. The van der Waals surface area contributed by atoms with E-state index < -0.39 is 0 Å². The molecule has 3 heteroatoms. The van der Waals surface area contributed by atoms with Gasteiger partial charge in [0.15, 0.2) is 0 Å². The molecule has 1 amide bonds. The van der Waals surface area contributed by atoms with Gasteiger partial charge in [0.05, 0.1) is 6.04 Å². The average molecular weight is 210 g/mol. The van der Waals surface area contributed by atoms with Crippen LogP contribution in [0.2, 0.25) is 0 Å². The lowest BCUT2D eigenvalue weighted by Crippen LogP contribution is -2.41. The minimum atomic E-state index is -0.0676. The van der Waals surface area contributed by atoms with Gasteiger partial charge in [0.2, 0.25) is 5.91 Å². The summed E-state index contributed by atoms with van der Waals surface area (Å²) in [6, 6.07) is -0.0676. The maximum absolute atomic E-state index is 11.5. The molecule has 86 valence electrons. The molecule has 0 spiro atoms. The fraction of sp³-hybridized carbons (Fsp3) is 0.750. The zero-order valence-corrected chi connectivity index (χ0v) is 10.0. The zero-order valence-electron chi connectivity index (χ0n) is 10.0. The van der Waals surface area contributed by atoms with Crippen molar-refractivity contribution in [3.63, 3.8) is 0 Å². The number of amides is 1. The van der Waals surface area contributed by atoms with Gasteiger partial charge < -0.3 is 10.2 Å². The molecule has 1 atom stereocenters. The lowest BCUT2D eigenvalue weighted by atomic mass is 10.1. The monoisotopic (exact) mass is 210 g/mol. The molecule has 0 heterocycles. The third kappa shape index (κ3) is 4.04. The van der Waals surface area contributed by atoms with Crippen LogP contribution < -0.4 is 5.32 Å². The van der Waals surface area contributed by atoms with E-state index in [4.69, 9.17) is 0 Å². The van der Waals surface area contributed by atoms with Gasteiger partial charge in [0, 0.05) is 14.1 Å². The Morgan fingerprint density at radius 2 is 2.33 bits per heavy atom. The molecule has 0 fully saturated rings. The van der Waals surface area contributed by atoms with Gasteiger partial charge in [-0.3, -0.25) is 4.79 Å². The zero-order chi connectivity index (χ0) is 11.3. The van der Waals surface area contributed by atoms with Crippen LogP contribution in [0.5, 0.6) is 0 Å². The second kappa shape index (κ2) is 5.91. The van der Waals surface area contributed by atoms with Crippen molar-refractivity contribution in [2.75, 3.05) is 20.6 Å². The van der Waals surface area contributed by atoms with Gasteiger partial charge in [-0.25, -0.2) is 0 Å². The van der Waals surface area contributed by atoms with Gasteiger partial charge in [-0.15, -0.1) is 0 Å². The first-order valence-corrected chi connectivity index (χ1v) is 5.73. The number of nitrogens with one attached hydrogen (secondary N) is 1. The van der Waals surface area contributed by atoms with Crippen molar-refractivity contribution < 1.29 is 4.79 Å². The number of carbonyl (C=O) groups excluding carboxylic acids is 1. The highest BCUT2D eigenvalue weighted by molar-refractivity contribution is 5.80. The summed E-state index contributed by atoms with van der Waals surface area (Å²) in [5.74, 6) is 0.149. The first-order chi connectivity index (χ1) is 7.11. The Morgan fingerprint density at radius 1 is 1.60 bits per heavy atom. The van der Waals surface area contributed by atoms with E-state index in [1.807, 2.05) is 6.92 Å². The Bertz CT molecular complexity index is 246. The maximum atomic E-state index is 11.5. The second-order valence-corrected chi connectivity index (χ2v) is 4.41. The molecule has 1 aliphatic carbocycles. The van der Waals surface area contributed by atoms with E-state index in [9.17, 15) is 4.79 Å². The molecule has 3 nitrogen and oxygen atoms in total. The van der Waals surface area contributed by atoms with Gasteiger partial charge in [-0.1, -0.05) is 11.6 Å². The molecule has 0 aliphatic heterocycles. The Labute approximate surface area is 92.5 Å². The molecule has 15 heavy (non-hydrogen) atoms. The second-order valence-electron chi connectivity index (χ2n) is 4.41. The highest BCUT2D eigenvalue weighted by Gasteiger charge is 2.13. The van der Waals surface area contributed by atoms with E-state index >= 15 is 0 Å². The summed E-state index contributed by atoms with van der Waals surface area (Å²) in [5, 5.41) is 3.26. The Balaban J connectivity index is 2.16. The number of likely N-dealkylation sites (N-methyl/N-ethyl adjacent to an activating group) is 1. The quantitative estimate of drug-likeness (QED) is 0.698. The topological polar surface area (TPSA) is 32.3 Å². The minimum Gasteiger partial charge on any atom is -0.347 e. The molecule has 0 bridgehead atoms. The molecule has 1 N–H and O–H groups in total. The fourth-order valence-electron chi connectivity index (χ4n) is 1.89. The van der Waals surface area contributed by atoms with Crippen LogP contribution in [0.4, 0.5) is 0 Å². The molecule has 0 saturated heterocycles. The molecule has 0 aromatic heterocycles. The Hall–Kier alpha value is -0.830. The number of hydrogen-bond donors (Lipinski definition) is 1. The number of allylic oxidation sites excluding steroid dienone is 1. The van der Waals surface area contributed by atoms with Crippen molar-refractivity contribution in [1.29, 1.82) is 0 Å². The van der Waals surface area contributed by atoms with Crippen LogP contribution in [-0.2, 0) is 4.79 Å². The smallest absolute Gasteiger partial charge is 0.238 e. The van der Waals surface area contributed by atoms with E-state index in [2.05, 4.69) is 11.4 Å². The first kappa shape index (κ1) is 12.2. The third-order valence-electron chi connectivity index (χ3n) is 2.84. The predicted molar refractivity (Wildman–Crippen MR) is 62.7 cm³/mol. The standard InChI is InChI=1S/C12H22N2O/c1-10(12(15)14(2)3)13-9-8-11-6-4-5-7-11/h6,10,13H,4-5,7-9H2,1-3H3. The average Bonchev–Trinajstić information content (AvgIpc) is 2.69. The van der Waals surface area contributed by atoms with Crippen LogP contribution in [0.3, 0.4) is 0 Å². The lowest BCUT2D eigenvalue weighted by molar-refractivity contribution is -0.130. The Morgan fingerprint density at radius 3 is 2.87 bits per heavy atom. The molecule has 1 aliphatic rings. The van der Waals surface area contributed by atoms with Crippen LogP contribution in [0, 0.1) is 0 Å². The highest BCUT2D eigenvalue weighted by Crippen LogP contribution is 2.19. The van der Waals surface area contributed by atoms with Crippen molar-refractivity contribution in [2.45, 2.75) is 38.6 Å². The summed E-state index contributed by atoms with van der Waals surface area (Å²) < 4.78 is 0. The summed E-state index contributed by atoms with van der Waals surface area (Å²) >= 11 is 0. The number of hydrogen-bond acceptors (Lipinski definition) is 2. The van der Waals surface area contributed by atoms with Crippen molar-refractivity contribution >= 4 is 5.91 Å². The highest BCUT2D eigenvalue weighted by atomic mass is 16.2. The molecular formula is C12H22N2O. The van der Waals surface area contributed by atoms with Crippen LogP contribution in [0.15, 0.2) is 11.6 Å². The van der Waals surface area contributed by atoms with Crippen molar-refractivity contribution in [2.24, 2.45) is 0 Å². The predicted octanol–water partition coefficient (Wildman–Crippen LogP) is 1.55. The van der Waals surface area contributed by atoms with Gasteiger partial charge in [0.25, 0.3) is 0 Å². The van der Waals surface area contributed by atoms with Gasteiger partial charge in [-0.05, 0) is 39.2 Å². The number of rotatable bonds is 5. The summed E-state index contributed by atoms with van der Waals surface area (Å²) in [6.45, 7) is 2.83. The Kier molecular flexibility index (Phi) is 4.82. The van der Waals surface area contributed by atoms with Crippen LogP contribution >= 0.6 is 0 Å². The maximum Gasteiger partial charge on any atom is 0.238 e. The van der Waals surface area contributed by atoms with Gasteiger partial charge >= 0.3 is 0 Å². The van der Waals surface area contributed by atoms with Crippen LogP contribution in [-0.4, -0.2) is 37.5 Å². The summed E-state index contributed by atoms with van der Waals surface area (Å²) in [7, 11) is 3.58. The van der Waals surface area contributed by atoms with Crippen LogP contribution in [0.25, 0.3) is 0 Å². The lowest BCUT2D eigenvalue weighted by Gasteiger charge is -2.18. The van der Waals surface area contributed by atoms with Crippen molar-refractivity contribution in [3.05, 3.63) is 11.6 Å². The van der Waals surface area contributed by atoms with E-state index in [0.29, 0.717) is 0 Å². The van der Waals surface area contributed by atoms with Crippen molar-refractivity contribution in [1.82, 2.24) is 10.2 Å². The van der Waals surface area contributed by atoms with E-state index in [0.717, 1.165) is 13.0 Å². The summed E-state index contributed by atoms with van der Waals surface area (Å²) in [6.07, 6.45) is 7.21. The molecule has 0 aromatic carbocycles. The molecule has 1 rings (SSSR count). The molecule has 1 unspecified atom stereocenters. The molecule has 0 saturated carbocycles. The van der Waals surface area contributed by atoms with Gasteiger partial charge in [0.1, 0.15) is 0 Å². The largest absolute Gasteiger partial charge is 0.347 e. The van der Waals surface area contributed by atoms with Gasteiger partial charge in [-0.2, -0.15) is 0 Å². The van der Waals surface area contributed by atoms with E-state index in [1.165, 1.54) is 19.3 Å². The number of nitrogens with zero attached hydrogens (tertiary/aromatic N) is 1. The van der Waals surface area contributed by atoms with Crippen molar-refractivity contribution in [3.8, 4) is 0 Å². The van der Waals surface area contributed by atoms with E-state index in [-0.39, 0.29) is 11.9 Å². The first-order valence-electron chi connectivity index (χ1n) is 5.73. The summed E-state index contributed by atoms with van der Waals surface area (Å²) in [5.41, 5.74) is 1.55. The van der Waals surface area contributed by atoms with E-state index in [1.54, 1.807) is 24.6 Å². The molecule has 0 radical (unpaired) electrons. The number of carbonyl (C=O) groups is 1. The minimum absolute atomic E-state index is 0.0676.